The summed E-state index contributed by atoms with van der Waals surface area (Å²) < 4.78 is 40.0. The normalized spacial score (nSPS) is 10.5. The van der Waals surface area contributed by atoms with E-state index in [0.29, 0.717) is 12.2 Å². The van der Waals surface area contributed by atoms with Crippen LogP contribution in [0.25, 0.3) is 0 Å². The zero-order valence-electron chi connectivity index (χ0n) is 14.4. The van der Waals surface area contributed by atoms with Crippen molar-refractivity contribution in [2.24, 2.45) is 0 Å². The second-order valence-corrected chi connectivity index (χ2v) is 5.95. The molecule has 3 aromatic rings. The predicted octanol–water partition coefficient (Wildman–Crippen LogP) is 4.39. The van der Waals surface area contributed by atoms with Crippen molar-refractivity contribution < 1.29 is 18.0 Å². The SMILES string of the molecule is CN(Cc1ccccc1)c1cncc(C(=O)Nc2ccc(F)c(F)c2F)c1. The largest absolute Gasteiger partial charge is 0.369 e. The first-order valence-corrected chi connectivity index (χ1v) is 8.10. The Bertz CT molecular complexity index is 964. The molecule has 0 aliphatic heterocycles. The van der Waals surface area contributed by atoms with Gasteiger partial charge in [0.1, 0.15) is 0 Å². The monoisotopic (exact) mass is 371 g/mol. The highest BCUT2D eigenvalue weighted by Crippen LogP contribution is 2.21. The maximum atomic E-state index is 13.7. The van der Waals surface area contributed by atoms with Gasteiger partial charge in [0, 0.05) is 19.8 Å². The van der Waals surface area contributed by atoms with Crippen molar-refractivity contribution in [3.05, 3.63) is 89.5 Å². The van der Waals surface area contributed by atoms with E-state index in [1.165, 1.54) is 6.20 Å². The van der Waals surface area contributed by atoms with Crippen LogP contribution in [-0.4, -0.2) is 17.9 Å². The summed E-state index contributed by atoms with van der Waals surface area (Å²) in [5.74, 6) is -5.09. The molecule has 1 N–H and O–H groups in total. The number of carbonyl (C=O) groups excluding carboxylic acids is 1. The molecule has 0 fully saturated rings. The molecule has 0 saturated carbocycles. The van der Waals surface area contributed by atoms with Crippen molar-refractivity contribution in [3.63, 3.8) is 0 Å². The summed E-state index contributed by atoms with van der Waals surface area (Å²) in [4.78, 5) is 18.3. The molecule has 1 amide bonds. The van der Waals surface area contributed by atoms with E-state index in [1.54, 1.807) is 12.3 Å². The smallest absolute Gasteiger partial charge is 0.257 e. The molecule has 0 unspecified atom stereocenters. The molecule has 0 bridgehead atoms. The lowest BCUT2D eigenvalue weighted by atomic mass is 10.2. The van der Waals surface area contributed by atoms with Crippen molar-refractivity contribution in [2.45, 2.75) is 6.54 Å². The molecule has 27 heavy (non-hydrogen) atoms. The average molecular weight is 371 g/mol. The van der Waals surface area contributed by atoms with E-state index in [9.17, 15) is 18.0 Å². The summed E-state index contributed by atoms with van der Waals surface area (Å²) >= 11 is 0. The van der Waals surface area contributed by atoms with E-state index in [4.69, 9.17) is 0 Å². The topological polar surface area (TPSA) is 45.2 Å². The summed E-state index contributed by atoms with van der Waals surface area (Å²) in [5.41, 5.74) is 1.48. The zero-order chi connectivity index (χ0) is 19.4. The first-order chi connectivity index (χ1) is 13.0. The summed E-state index contributed by atoms with van der Waals surface area (Å²) in [6.45, 7) is 0.603. The van der Waals surface area contributed by atoms with Gasteiger partial charge >= 0.3 is 0 Å². The fourth-order valence-corrected chi connectivity index (χ4v) is 2.53. The van der Waals surface area contributed by atoms with Gasteiger partial charge in [-0.25, -0.2) is 13.2 Å². The predicted molar refractivity (Wildman–Crippen MR) is 97.1 cm³/mol. The second kappa shape index (κ2) is 7.90. The molecule has 1 aromatic heterocycles. The number of carbonyl (C=O) groups is 1. The second-order valence-electron chi connectivity index (χ2n) is 5.95. The summed E-state index contributed by atoms with van der Waals surface area (Å²) in [7, 11) is 1.85. The van der Waals surface area contributed by atoms with Crippen LogP contribution in [0.1, 0.15) is 15.9 Å². The van der Waals surface area contributed by atoms with Gasteiger partial charge in [-0.15, -0.1) is 0 Å². The van der Waals surface area contributed by atoms with Gasteiger partial charge in [0.2, 0.25) is 0 Å². The van der Waals surface area contributed by atoms with Crippen molar-refractivity contribution in [1.29, 1.82) is 0 Å². The van der Waals surface area contributed by atoms with Gasteiger partial charge < -0.3 is 10.2 Å². The maximum Gasteiger partial charge on any atom is 0.257 e. The van der Waals surface area contributed by atoms with Crippen LogP contribution in [0.4, 0.5) is 24.5 Å². The van der Waals surface area contributed by atoms with Crippen LogP contribution in [0.2, 0.25) is 0 Å². The molecule has 0 spiro atoms. The lowest BCUT2D eigenvalue weighted by Gasteiger charge is -2.19. The van der Waals surface area contributed by atoms with E-state index >= 15 is 0 Å². The Morgan fingerprint density at radius 1 is 1.04 bits per heavy atom. The number of nitrogens with zero attached hydrogens (tertiary/aromatic N) is 2. The van der Waals surface area contributed by atoms with Crippen LogP contribution < -0.4 is 10.2 Å². The third kappa shape index (κ3) is 4.25. The Labute approximate surface area is 154 Å². The zero-order valence-corrected chi connectivity index (χ0v) is 14.4. The van der Waals surface area contributed by atoms with Gasteiger partial charge in [-0.3, -0.25) is 9.78 Å². The van der Waals surface area contributed by atoms with Crippen LogP contribution in [0.5, 0.6) is 0 Å². The first kappa shape index (κ1) is 18.4. The molecule has 138 valence electrons. The van der Waals surface area contributed by atoms with Crippen LogP contribution in [-0.2, 0) is 6.54 Å². The number of rotatable bonds is 5. The number of hydrogen-bond acceptors (Lipinski definition) is 3. The molecule has 0 atom stereocenters. The standard InChI is InChI=1S/C20H16F3N3O/c1-26(12-13-5-3-2-4-6-13)15-9-14(10-24-11-15)20(27)25-17-8-7-16(21)18(22)19(17)23/h2-11H,12H2,1H3,(H,25,27). The van der Waals surface area contributed by atoms with Crippen molar-refractivity contribution in [2.75, 3.05) is 17.3 Å². The number of hydrogen-bond donors (Lipinski definition) is 1. The number of aromatic nitrogens is 1. The van der Waals surface area contributed by atoms with E-state index < -0.39 is 29.0 Å². The molecular formula is C20H16F3N3O. The summed E-state index contributed by atoms with van der Waals surface area (Å²) in [5, 5.41) is 2.23. The molecule has 0 saturated heterocycles. The average Bonchev–Trinajstić information content (AvgIpc) is 2.69. The van der Waals surface area contributed by atoms with Gasteiger partial charge in [0.05, 0.1) is 23.1 Å². The highest BCUT2D eigenvalue weighted by molar-refractivity contribution is 6.04. The molecular weight excluding hydrogens is 355 g/mol. The number of anilines is 2. The minimum Gasteiger partial charge on any atom is -0.369 e. The van der Waals surface area contributed by atoms with Crippen molar-refractivity contribution in [1.82, 2.24) is 4.98 Å². The number of benzene rings is 2. The molecule has 7 heteroatoms. The Hall–Kier alpha value is -3.35. The number of amides is 1. The fraction of sp³-hybridized carbons (Fsp3) is 0.100. The lowest BCUT2D eigenvalue weighted by molar-refractivity contribution is 0.102. The van der Waals surface area contributed by atoms with Crippen molar-refractivity contribution >= 4 is 17.3 Å². The van der Waals surface area contributed by atoms with E-state index in [2.05, 4.69) is 10.3 Å². The summed E-state index contributed by atoms with van der Waals surface area (Å²) in [6, 6.07) is 13.0. The van der Waals surface area contributed by atoms with E-state index in [1.807, 2.05) is 42.3 Å². The molecule has 1 heterocycles. The van der Waals surface area contributed by atoms with Gasteiger partial charge in [0.25, 0.3) is 5.91 Å². The van der Waals surface area contributed by atoms with E-state index in [0.717, 1.165) is 17.7 Å². The molecule has 0 radical (unpaired) electrons. The first-order valence-electron chi connectivity index (χ1n) is 8.10. The Morgan fingerprint density at radius 2 is 1.78 bits per heavy atom. The molecule has 2 aromatic carbocycles. The quantitative estimate of drug-likeness (QED) is 0.677. The van der Waals surface area contributed by atoms with Crippen LogP contribution in [0.3, 0.4) is 0 Å². The van der Waals surface area contributed by atoms with Gasteiger partial charge in [-0.05, 0) is 23.8 Å². The molecule has 0 aliphatic carbocycles. The minimum absolute atomic E-state index is 0.163. The number of nitrogens with one attached hydrogen (secondary N) is 1. The summed E-state index contributed by atoms with van der Waals surface area (Å²) in [6.07, 6.45) is 2.91. The molecule has 4 nitrogen and oxygen atoms in total. The van der Waals surface area contributed by atoms with Gasteiger partial charge in [-0.2, -0.15) is 0 Å². The lowest BCUT2D eigenvalue weighted by Crippen LogP contribution is -2.18. The van der Waals surface area contributed by atoms with E-state index in [-0.39, 0.29) is 5.56 Å². The highest BCUT2D eigenvalue weighted by atomic mass is 19.2. The fourth-order valence-electron chi connectivity index (χ4n) is 2.53. The Balaban J connectivity index is 1.77. The van der Waals surface area contributed by atoms with Gasteiger partial charge in [0.15, 0.2) is 17.5 Å². The number of pyridine rings is 1. The third-order valence-corrected chi connectivity index (χ3v) is 3.97. The number of halogens is 3. The third-order valence-electron chi connectivity index (χ3n) is 3.97. The van der Waals surface area contributed by atoms with Crippen LogP contribution in [0, 0.1) is 17.5 Å². The highest BCUT2D eigenvalue weighted by Gasteiger charge is 2.16. The Morgan fingerprint density at radius 3 is 2.52 bits per heavy atom. The van der Waals surface area contributed by atoms with Crippen molar-refractivity contribution in [3.8, 4) is 0 Å². The molecule has 0 aliphatic rings. The van der Waals surface area contributed by atoms with Crippen LogP contribution >= 0.6 is 0 Å². The van der Waals surface area contributed by atoms with Gasteiger partial charge in [-0.1, -0.05) is 30.3 Å². The molecule has 3 rings (SSSR count). The Kier molecular flexibility index (Phi) is 5.40. The maximum absolute atomic E-state index is 13.7. The minimum atomic E-state index is -1.64. The van der Waals surface area contributed by atoms with Crippen LogP contribution in [0.15, 0.2) is 60.9 Å².